The van der Waals surface area contributed by atoms with Gasteiger partial charge in [0.25, 0.3) is 5.79 Å². The average molecular weight is 1540 g/mol. The van der Waals surface area contributed by atoms with Crippen molar-refractivity contribution in [1.82, 2.24) is 21.3 Å². The number of hydrogen-bond acceptors (Lipinski definition) is 41. The van der Waals surface area contributed by atoms with Gasteiger partial charge in [-0.05, 0) is 13.8 Å². The lowest BCUT2D eigenvalue weighted by Crippen LogP contribution is -2.72. The predicted molar refractivity (Wildman–Crippen MR) is 325 cm³/mol. The van der Waals surface area contributed by atoms with Crippen LogP contribution in [0.2, 0.25) is 0 Å². The molecule has 41 atom stereocenters. The molecule has 0 aromatic carbocycles. The van der Waals surface area contributed by atoms with E-state index in [9.17, 15) is 136 Å². The first-order valence-corrected chi connectivity index (χ1v) is 33.5. The van der Waals surface area contributed by atoms with E-state index < -0.39 is 327 Å². The minimum atomic E-state index is -3.30. The van der Waals surface area contributed by atoms with E-state index in [2.05, 4.69) is 21.3 Å². The lowest BCUT2D eigenvalue weighted by atomic mass is 9.88. The Balaban J connectivity index is 1.13. The summed E-state index contributed by atoms with van der Waals surface area (Å²) in [4.78, 5) is 65.2. The Hall–Kier alpha value is -4.09. The van der Waals surface area contributed by atoms with Crippen LogP contribution in [0.15, 0.2) is 0 Å². The first-order valence-electron chi connectivity index (χ1n) is 33.5. The third kappa shape index (κ3) is 19.1. The SMILES string of the molecule is CC(=O)N[C@H]1[C@H](O[C@H]2[C@@H](O)[C@@H](CO[C@@H]3O[C@H](CO)[C@@H](O[C@@H]4O[C@H](CO)[C@H](O)[C@H](O[C@]5(C(=O)O)C[C@H](O)[C@@H](NC(C)=O)[C@H]([C@H](O)[C@H](O)CO)O5)[C@H]4O)[C@H](O[C@@H]4O[C@@H](C)[C@@H](O)[C@@H](O)[C@@H]4O)[C@H]3NC(C)=O)OC(O)[C@@H]2NC(C)=O)O[C@H](CO)[C@@H](O[C@@H]2O[C@H](CO)[C@H](O)[C@H](O)[C@H]2O)[C@@H]1O[C@@H]1O[C@@H](C)[C@@H](O)[C@@H](O)[C@@H]1O. The Morgan fingerprint density at radius 2 is 0.790 bits per heavy atom. The van der Waals surface area contributed by atoms with Crippen LogP contribution in [-0.4, -0.2) is 433 Å². The molecule has 1 unspecified atom stereocenters. The van der Waals surface area contributed by atoms with Crippen molar-refractivity contribution in [2.24, 2.45) is 0 Å². The normalized spacial score (nSPS) is 47.5. The van der Waals surface area contributed by atoms with Crippen LogP contribution in [-0.2, 0) is 95.0 Å². The number of amides is 4. The molecule has 8 aliphatic rings. The van der Waals surface area contributed by atoms with Gasteiger partial charge in [-0.2, -0.15) is 0 Å². The van der Waals surface area contributed by atoms with Crippen LogP contribution < -0.4 is 21.3 Å². The Morgan fingerprint density at radius 3 is 1.25 bits per heavy atom. The van der Waals surface area contributed by atoms with E-state index >= 15 is 0 Å². The molecule has 8 rings (SSSR count). The molecule has 0 aromatic rings. The molecule has 0 aliphatic carbocycles. The third-order valence-corrected chi connectivity index (χ3v) is 19.1. The van der Waals surface area contributed by atoms with E-state index in [0.29, 0.717) is 0 Å². The molecule has 4 amide bonds. The van der Waals surface area contributed by atoms with Crippen molar-refractivity contribution in [1.29, 1.82) is 0 Å². The smallest absolute Gasteiger partial charge is 0.364 e. The Kier molecular flexibility index (Phi) is 30.3. The second-order valence-electron chi connectivity index (χ2n) is 26.8. The molecule has 8 aliphatic heterocycles. The van der Waals surface area contributed by atoms with Gasteiger partial charge in [0.05, 0.1) is 64.0 Å². The Bertz CT molecular complexity index is 2830. The number of carboxylic acids is 1. The lowest BCUT2D eigenvalue weighted by molar-refractivity contribution is -0.392. The molecule has 105 heavy (non-hydrogen) atoms. The van der Waals surface area contributed by atoms with Crippen molar-refractivity contribution in [3.05, 3.63) is 0 Å². The van der Waals surface area contributed by atoms with Crippen LogP contribution in [0.3, 0.4) is 0 Å². The molecule has 8 fully saturated rings. The summed E-state index contributed by atoms with van der Waals surface area (Å²) in [6.45, 7) is -0.503. The molecule has 26 N–H and O–H groups in total. The number of hydrogen-bond donors (Lipinski definition) is 26. The zero-order valence-corrected chi connectivity index (χ0v) is 57.0. The second-order valence-corrected chi connectivity index (χ2v) is 26.8. The second kappa shape index (κ2) is 36.8. The molecule has 0 spiro atoms. The van der Waals surface area contributed by atoms with Gasteiger partial charge >= 0.3 is 5.97 Å². The van der Waals surface area contributed by atoms with E-state index in [0.717, 1.165) is 27.7 Å². The number of rotatable bonds is 27. The lowest BCUT2D eigenvalue weighted by Gasteiger charge is -2.52. The monoisotopic (exact) mass is 1530 g/mol. The first-order chi connectivity index (χ1) is 49.4. The highest BCUT2D eigenvalue weighted by atomic mass is 16.8. The number of aliphatic hydroxyl groups excluding tert-OH is 21. The highest BCUT2D eigenvalue weighted by Gasteiger charge is 2.63. The van der Waals surface area contributed by atoms with Crippen LogP contribution in [0, 0.1) is 0 Å². The minimum Gasteiger partial charge on any atom is -0.477 e. The van der Waals surface area contributed by atoms with Gasteiger partial charge < -0.3 is 205 Å². The van der Waals surface area contributed by atoms with Crippen molar-refractivity contribution in [2.45, 2.75) is 299 Å². The molecule has 46 heteroatoms. The highest BCUT2D eigenvalue weighted by molar-refractivity contribution is 5.77. The number of nitrogens with one attached hydrogen (secondary N) is 4. The molecule has 0 bridgehead atoms. The third-order valence-electron chi connectivity index (χ3n) is 19.1. The van der Waals surface area contributed by atoms with Crippen LogP contribution in [0.1, 0.15) is 48.0 Å². The average Bonchev–Trinajstić information content (AvgIpc) is 0.731. The Labute approximate surface area is 595 Å². The van der Waals surface area contributed by atoms with Gasteiger partial charge in [0.15, 0.2) is 44.0 Å². The van der Waals surface area contributed by atoms with E-state index in [1.807, 2.05) is 0 Å². The molecule has 0 radical (unpaired) electrons. The zero-order chi connectivity index (χ0) is 77.9. The molecule has 606 valence electrons. The van der Waals surface area contributed by atoms with Crippen LogP contribution in [0.4, 0.5) is 0 Å². The highest BCUT2D eigenvalue weighted by Crippen LogP contribution is 2.42. The fourth-order valence-corrected chi connectivity index (χ4v) is 13.6. The topological polar surface area (TPSA) is 717 Å². The zero-order valence-electron chi connectivity index (χ0n) is 57.0. The van der Waals surface area contributed by atoms with Gasteiger partial charge in [0.2, 0.25) is 23.6 Å². The van der Waals surface area contributed by atoms with Crippen molar-refractivity contribution in [3.8, 4) is 0 Å². The first kappa shape index (κ1) is 86.5. The number of aliphatic hydroxyl groups is 21. The molecule has 8 heterocycles. The summed E-state index contributed by atoms with van der Waals surface area (Å²) in [5, 5.41) is 252. The number of carboxylic acid groups (broad SMARTS) is 1. The van der Waals surface area contributed by atoms with Gasteiger partial charge in [-0.25, -0.2) is 4.79 Å². The molecule has 0 saturated carbocycles. The van der Waals surface area contributed by atoms with E-state index in [1.54, 1.807) is 0 Å². The van der Waals surface area contributed by atoms with Crippen molar-refractivity contribution in [3.63, 3.8) is 0 Å². The maximum absolute atomic E-state index is 13.4. The van der Waals surface area contributed by atoms with Gasteiger partial charge in [-0.3, -0.25) is 19.2 Å². The van der Waals surface area contributed by atoms with Gasteiger partial charge in [0.1, 0.15) is 177 Å². The maximum Gasteiger partial charge on any atom is 0.364 e. The number of carbonyl (C=O) groups excluding carboxylic acids is 4. The number of ether oxygens (including phenoxy) is 15. The summed E-state index contributed by atoms with van der Waals surface area (Å²) in [7, 11) is 0. The van der Waals surface area contributed by atoms with E-state index in [4.69, 9.17) is 71.1 Å². The van der Waals surface area contributed by atoms with Gasteiger partial charge in [0, 0.05) is 34.1 Å². The molecular formula is C59H98N4O42. The summed E-state index contributed by atoms with van der Waals surface area (Å²) in [5.41, 5.74) is 0. The van der Waals surface area contributed by atoms with E-state index in [-0.39, 0.29) is 0 Å². The number of aliphatic carboxylic acids is 1. The maximum atomic E-state index is 13.4. The summed E-state index contributed by atoms with van der Waals surface area (Å²) >= 11 is 0. The van der Waals surface area contributed by atoms with E-state index in [1.165, 1.54) is 13.8 Å². The molecule has 0 aromatic heterocycles. The minimum absolute atomic E-state index is 0.867. The largest absolute Gasteiger partial charge is 0.477 e. The van der Waals surface area contributed by atoms with Gasteiger partial charge in [-0.1, -0.05) is 0 Å². The van der Waals surface area contributed by atoms with Crippen LogP contribution >= 0.6 is 0 Å². The standard InChI is InChI=1S/C59H98N4O42/c1-14-31(75)37(81)40(84)54(92-14)102-48-29(62-18(5)71)52(97-24(11-67)44(48)100-57-43(87)50(35(79)23(10-66)96-57)105-59(58(89)90)7-20(73)27(60-16(3)69)47(104-59)33(77)21(74)8-64)91-13-26-36(80)46(28(51(88)94-26)61-17(4)70)101-53-30(63-19(6)72)49(103-55-41(85)38(82)32(76)15(2)93-55)45(25(12-68)98-53)99-56-42(86)39(83)34(78)22(9-65)95-56/h14-15,20-57,64-68,73-88H,7-13H2,1-6H3,(H,60,69)(H,61,70)(H,62,71)(H,63,72)(H,89,90)/t14-,15-,20-,21+,22+,23+,24+,25+,26+,27+,28+,29+,30+,31+,32+,33+,34-,35-,36-,37+,38+,39-,40-,41-,42+,43+,44+,45+,46+,47+,48+,49+,50-,51?,52+,53-,54-,55-,56-,57-,59-/m0/s1. The summed E-state index contributed by atoms with van der Waals surface area (Å²) < 4.78 is 89.8. The number of carbonyl (C=O) groups is 5. The summed E-state index contributed by atoms with van der Waals surface area (Å²) in [6, 6.07) is -7.50. The predicted octanol–water partition coefficient (Wildman–Crippen LogP) is -16.6. The quantitative estimate of drug-likeness (QED) is 0.0363. The Morgan fingerprint density at radius 1 is 0.410 bits per heavy atom. The fourth-order valence-electron chi connectivity index (χ4n) is 13.6. The summed E-state index contributed by atoms with van der Waals surface area (Å²) in [5.74, 6) is -9.15. The summed E-state index contributed by atoms with van der Waals surface area (Å²) in [6.07, 6.45) is -74.8. The van der Waals surface area contributed by atoms with Crippen molar-refractivity contribution < 1.29 is 207 Å². The van der Waals surface area contributed by atoms with Crippen LogP contribution in [0.5, 0.6) is 0 Å². The van der Waals surface area contributed by atoms with Crippen LogP contribution in [0.25, 0.3) is 0 Å². The molecule has 8 saturated heterocycles. The van der Waals surface area contributed by atoms with Crippen molar-refractivity contribution in [2.75, 3.05) is 39.6 Å². The fraction of sp³-hybridized carbons (Fsp3) is 0.915. The molecule has 46 nitrogen and oxygen atoms in total. The molecular weight excluding hydrogens is 1440 g/mol. The van der Waals surface area contributed by atoms with Crippen molar-refractivity contribution >= 4 is 29.6 Å². The van der Waals surface area contributed by atoms with Gasteiger partial charge in [-0.15, -0.1) is 0 Å².